The molecule has 8 atom stereocenters. The minimum atomic E-state index is -1.71. The summed E-state index contributed by atoms with van der Waals surface area (Å²) in [6.07, 6.45) is 1.06. The Morgan fingerprint density at radius 3 is 1.73 bits per heavy atom. The lowest BCUT2D eigenvalue weighted by Gasteiger charge is -2.26. The van der Waals surface area contributed by atoms with Gasteiger partial charge in [0.25, 0.3) is 0 Å². The molecule has 59 heavy (non-hydrogen) atoms. The van der Waals surface area contributed by atoms with Crippen molar-refractivity contribution in [1.82, 2.24) is 37.2 Å². The van der Waals surface area contributed by atoms with Gasteiger partial charge in [0, 0.05) is 6.42 Å². The van der Waals surface area contributed by atoms with Crippen LogP contribution < -0.4 is 48.7 Å². The second-order valence-electron chi connectivity index (χ2n) is 14.3. The average molecular weight is 836 g/mol. The molecule has 0 aromatic heterocycles. The fraction of sp³-hybridized carbons (Fsp3) is 0.605. The Morgan fingerprint density at radius 1 is 0.644 bits per heavy atom. The first kappa shape index (κ1) is 51.2. The standard InChI is InChI=1S/C38H61N9O12/c1-6-20(3)31(40)36(56)42-18-28(49)44-27(17-30(51)52)35(55)46-26(16-23-11-13-24(48)14-12-23)34(54)43-22(5)33(53)41-19-29(50)47-32(21(4)7-2)37(57)45-25(38(58)59)10-8-9-15-39/h11-14,20-22,25-27,31-32,48H,6-10,15-19,39-40H2,1-5H3,(H,41,53)(H,42,56)(H,43,54)(H,44,49)(H,45,57)(H,46,55)(H,47,50)(H,51,52)(H,58,59)/t20-,21-,22-,25-,26-,27-,31-,32-/m0/s1. The van der Waals surface area contributed by atoms with E-state index in [1.165, 1.54) is 31.2 Å². The largest absolute Gasteiger partial charge is 0.508 e. The molecular formula is C38H61N9O12. The molecule has 14 N–H and O–H groups in total. The highest BCUT2D eigenvalue weighted by Gasteiger charge is 2.32. The lowest BCUT2D eigenvalue weighted by Crippen LogP contribution is -2.58. The van der Waals surface area contributed by atoms with Gasteiger partial charge >= 0.3 is 11.9 Å². The molecule has 0 aliphatic heterocycles. The summed E-state index contributed by atoms with van der Waals surface area (Å²) in [5.74, 6) is -9.31. The van der Waals surface area contributed by atoms with E-state index in [0.29, 0.717) is 37.8 Å². The summed E-state index contributed by atoms with van der Waals surface area (Å²) in [6.45, 7) is 7.41. The summed E-state index contributed by atoms with van der Waals surface area (Å²) >= 11 is 0. The molecule has 0 saturated carbocycles. The zero-order valence-electron chi connectivity index (χ0n) is 34.2. The summed E-state index contributed by atoms with van der Waals surface area (Å²) in [7, 11) is 0. The van der Waals surface area contributed by atoms with Crippen LogP contribution in [0.3, 0.4) is 0 Å². The molecule has 21 nitrogen and oxygen atoms in total. The van der Waals surface area contributed by atoms with Crippen molar-refractivity contribution in [2.75, 3.05) is 19.6 Å². The third-order valence-electron chi connectivity index (χ3n) is 9.57. The van der Waals surface area contributed by atoms with Crippen LogP contribution in [0.15, 0.2) is 24.3 Å². The van der Waals surface area contributed by atoms with Crippen LogP contribution in [0.1, 0.15) is 78.7 Å². The van der Waals surface area contributed by atoms with Crippen LogP contribution >= 0.6 is 0 Å². The number of carbonyl (C=O) groups excluding carboxylic acids is 7. The molecule has 330 valence electrons. The van der Waals surface area contributed by atoms with Crippen molar-refractivity contribution in [1.29, 1.82) is 0 Å². The molecule has 7 amide bonds. The van der Waals surface area contributed by atoms with Crippen LogP contribution in [-0.2, 0) is 49.6 Å². The Morgan fingerprint density at radius 2 is 1.19 bits per heavy atom. The number of carboxylic acids is 2. The van der Waals surface area contributed by atoms with Gasteiger partial charge in [-0.2, -0.15) is 0 Å². The highest BCUT2D eigenvalue weighted by molar-refractivity contribution is 5.97. The number of amides is 7. The van der Waals surface area contributed by atoms with E-state index in [0.717, 1.165) is 0 Å². The molecule has 1 aromatic rings. The molecule has 21 heteroatoms. The van der Waals surface area contributed by atoms with E-state index in [1.807, 2.05) is 6.92 Å². The van der Waals surface area contributed by atoms with Crippen molar-refractivity contribution in [2.45, 2.75) is 116 Å². The maximum absolute atomic E-state index is 13.5. The number of nitrogens with one attached hydrogen (secondary N) is 7. The van der Waals surface area contributed by atoms with Gasteiger partial charge in [-0.25, -0.2) is 4.79 Å². The van der Waals surface area contributed by atoms with Crippen molar-refractivity contribution in [3.05, 3.63) is 29.8 Å². The van der Waals surface area contributed by atoms with Crippen molar-refractivity contribution in [3.63, 3.8) is 0 Å². The molecule has 0 saturated heterocycles. The fourth-order valence-corrected chi connectivity index (χ4v) is 5.41. The molecule has 0 aliphatic rings. The van der Waals surface area contributed by atoms with Crippen LogP contribution in [0.2, 0.25) is 0 Å². The molecule has 0 fully saturated rings. The first-order valence-electron chi connectivity index (χ1n) is 19.5. The van der Waals surface area contributed by atoms with Crippen molar-refractivity contribution in [2.24, 2.45) is 23.3 Å². The number of phenols is 1. The topological polar surface area (TPSA) is 351 Å². The van der Waals surface area contributed by atoms with Gasteiger partial charge in [-0.3, -0.25) is 38.4 Å². The zero-order valence-corrected chi connectivity index (χ0v) is 34.2. The van der Waals surface area contributed by atoms with E-state index >= 15 is 0 Å². The Kier molecular flexibility index (Phi) is 22.8. The molecule has 0 radical (unpaired) electrons. The van der Waals surface area contributed by atoms with Gasteiger partial charge in [0.05, 0.1) is 25.6 Å². The second kappa shape index (κ2) is 26.2. The Labute approximate surface area is 342 Å². The smallest absolute Gasteiger partial charge is 0.326 e. The van der Waals surface area contributed by atoms with E-state index < -0.39 is 115 Å². The third-order valence-corrected chi connectivity index (χ3v) is 9.57. The van der Waals surface area contributed by atoms with Crippen LogP contribution in [0.25, 0.3) is 0 Å². The third kappa shape index (κ3) is 19.0. The van der Waals surface area contributed by atoms with Crippen LogP contribution in [0, 0.1) is 11.8 Å². The Bertz CT molecular complexity index is 1610. The van der Waals surface area contributed by atoms with Gasteiger partial charge in [-0.1, -0.05) is 52.7 Å². The van der Waals surface area contributed by atoms with Crippen molar-refractivity contribution < 1.29 is 58.5 Å². The van der Waals surface area contributed by atoms with Crippen LogP contribution in [-0.4, -0.2) is 124 Å². The number of unbranched alkanes of at least 4 members (excludes halogenated alkanes) is 1. The summed E-state index contributed by atoms with van der Waals surface area (Å²) in [5, 5.41) is 45.4. The van der Waals surface area contributed by atoms with Crippen molar-refractivity contribution in [3.8, 4) is 5.75 Å². The quantitative estimate of drug-likeness (QED) is 0.0416. The number of aromatic hydroxyl groups is 1. The van der Waals surface area contributed by atoms with Crippen LogP contribution in [0.5, 0.6) is 5.75 Å². The van der Waals surface area contributed by atoms with Crippen LogP contribution in [0.4, 0.5) is 0 Å². The van der Waals surface area contributed by atoms with E-state index in [2.05, 4.69) is 37.2 Å². The van der Waals surface area contributed by atoms with Crippen molar-refractivity contribution >= 4 is 53.3 Å². The highest BCUT2D eigenvalue weighted by atomic mass is 16.4. The van der Waals surface area contributed by atoms with Gasteiger partial charge < -0.3 is 64.0 Å². The molecule has 0 spiro atoms. The zero-order chi connectivity index (χ0) is 44.8. The number of nitrogens with two attached hydrogens (primary N) is 2. The molecule has 1 rings (SSSR count). The lowest BCUT2D eigenvalue weighted by molar-refractivity contribution is -0.143. The Balaban J connectivity index is 3.05. The van der Waals surface area contributed by atoms with E-state index in [1.54, 1.807) is 20.8 Å². The summed E-state index contributed by atoms with van der Waals surface area (Å²) in [4.78, 5) is 114. The van der Waals surface area contributed by atoms with E-state index in [-0.39, 0.29) is 24.5 Å². The van der Waals surface area contributed by atoms with Gasteiger partial charge in [0.1, 0.15) is 36.0 Å². The number of carbonyl (C=O) groups is 9. The number of benzene rings is 1. The summed E-state index contributed by atoms with van der Waals surface area (Å²) < 4.78 is 0. The maximum atomic E-state index is 13.5. The molecule has 0 aliphatic carbocycles. The Hall–Kier alpha value is -5.83. The SMILES string of the molecule is CC[C@H](C)[C@H](N)C(=O)NCC(=O)N[C@@H](CC(=O)O)C(=O)N[C@@H](Cc1ccc(O)cc1)C(=O)N[C@@H](C)C(=O)NCC(=O)N[C@H](C(=O)N[C@@H](CCCCN)C(=O)O)[C@@H](C)CC. The van der Waals surface area contributed by atoms with E-state index in [4.69, 9.17) is 11.5 Å². The number of carboxylic acid groups (broad SMARTS) is 2. The average Bonchev–Trinajstić information content (AvgIpc) is 3.19. The summed E-state index contributed by atoms with van der Waals surface area (Å²) in [5.41, 5.74) is 11.8. The monoisotopic (exact) mass is 835 g/mol. The predicted molar refractivity (Wildman–Crippen MR) is 213 cm³/mol. The molecule has 0 heterocycles. The number of hydrogen-bond acceptors (Lipinski definition) is 12. The normalized spacial score (nSPS) is 15.0. The first-order valence-corrected chi connectivity index (χ1v) is 19.5. The van der Waals surface area contributed by atoms with E-state index in [9.17, 15) is 58.5 Å². The highest BCUT2D eigenvalue weighted by Crippen LogP contribution is 2.13. The lowest BCUT2D eigenvalue weighted by atomic mass is 9.97. The predicted octanol–water partition coefficient (Wildman–Crippen LogP) is -2.28. The molecule has 1 aromatic carbocycles. The molecule has 0 bridgehead atoms. The molecule has 0 unspecified atom stereocenters. The molecular weight excluding hydrogens is 774 g/mol. The number of rotatable bonds is 27. The van der Waals surface area contributed by atoms with Gasteiger partial charge in [0.15, 0.2) is 0 Å². The maximum Gasteiger partial charge on any atom is 0.326 e. The number of hydrogen-bond donors (Lipinski definition) is 12. The number of aliphatic carboxylic acids is 2. The van der Waals surface area contributed by atoms with Gasteiger partial charge in [-0.05, 0) is 62.3 Å². The van der Waals surface area contributed by atoms with Gasteiger partial charge in [0.2, 0.25) is 41.4 Å². The second-order valence-corrected chi connectivity index (χ2v) is 14.3. The first-order chi connectivity index (χ1) is 27.7. The summed E-state index contributed by atoms with van der Waals surface area (Å²) in [6, 6.07) is -2.18. The van der Waals surface area contributed by atoms with Gasteiger partial charge in [-0.15, -0.1) is 0 Å². The number of phenolic OH excluding ortho intramolecular Hbond substituents is 1. The fourth-order valence-electron chi connectivity index (χ4n) is 5.41. The minimum Gasteiger partial charge on any atom is -0.508 e. The minimum absolute atomic E-state index is 0.0894.